The molecule has 2 atom stereocenters. The monoisotopic (exact) mass is 437 g/mol. The average Bonchev–Trinajstić information content (AvgIpc) is 2.88. The summed E-state index contributed by atoms with van der Waals surface area (Å²) in [5.41, 5.74) is 4.56. The van der Waals surface area contributed by atoms with Crippen LogP contribution >= 0.6 is 0 Å². The van der Waals surface area contributed by atoms with Crippen LogP contribution in [0, 0.1) is 0 Å². The Balaban J connectivity index is 1.70. The first-order valence-electron chi connectivity index (χ1n) is 11.4. The van der Waals surface area contributed by atoms with Crippen LogP contribution < -0.4 is 4.74 Å². The summed E-state index contributed by atoms with van der Waals surface area (Å²) < 4.78 is 5.32. The Bertz CT molecular complexity index is 1040. The largest absolute Gasteiger partial charge is 0.497 e. The lowest BCUT2D eigenvalue weighted by Gasteiger charge is -2.36. The maximum absolute atomic E-state index is 11.6. The Morgan fingerprint density at radius 2 is 1.09 bits per heavy atom. The van der Waals surface area contributed by atoms with Crippen molar-refractivity contribution in [2.24, 2.45) is 0 Å². The lowest BCUT2D eigenvalue weighted by molar-refractivity contribution is 0.0382. The Morgan fingerprint density at radius 3 is 1.55 bits per heavy atom. The third-order valence-electron chi connectivity index (χ3n) is 6.04. The van der Waals surface area contributed by atoms with Crippen molar-refractivity contribution in [1.82, 2.24) is 4.90 Å². The molecule has 4 rings (SSSR count). The minimum atomic E-state index is -0.650. The molecule has 0 spiro atoms. The van der Waals surface area contributed by atoms with Crippen LogP contribution in [0.5, 0.6) is 5.75 Å². The molecule has 0 fully saturated rings. The van der Waals surface area contributed by atoms with E-state index < -0.39 is 6.10 Å². The van der Waals surface area contributed by atoms with Gasteiger partial charge in [0.15, 0.2) is 0 Å². The first-order chi connectivity index (χ1) is 16.2. The van der Waals surface area contributed by atoms with E-state index in [-0.39, 0.29) is 6.04 Å². The Kier molecular flexibility index (Phi) is 7.91. The standard InChI is InChI=1S/C30H31NO2/c1-33-28-19-17-27(18-20-28)30(32)29(21-24-11-5-2-6-12-24)31(22-25-13-7-3-8-14-25)23-26-15-9-4-10-16-26/h2-20,29-30,32H,21-23H2,1H3/t29-,30+/m0/s1. The van der Waals surface area contributed by atoms with Gasteiger partial charge in [-0.05, 0) is 40.8 Å². The third-order valence-corrected chi connectivity index (χ3v) is 6.04. The second-order valence-electron chi connectivity index (χ2n) is 8.35. The van der Waals surface area contributed by atoms with Crippen molar-refractivity contribution in [3.63, 3.8) is 0 Å². The fourth-order valence-corrected chi connectivity index (χ4v) is 4.25. The molecule has 3 heteroatoms. The van der Waals surface area contributed by atoms with Gasteiger partial charge in [-0.15, -0.1) is 0 Å². The molecule has 0 aliphatic rings. The summed E-state index contributed by atoms with van der Waals surface area (Å²) in [5.74, 6) is 0.788. The highest BCUT2D eigenvalue weighted by Crippen LogP contribution is 2.28. The van der Waals surface area contributed by atoms with Crippen molar-refractivity contribution >= 4 is 0 Å². The number of hydrogen-bond donors (Lipinski definition) is 1. The number of methoxy groups -OCH3 is 1. The average molecular weight is 438 g/mol. The van der Waals surface area contributed by atoms with E-state index >= 15 is 0 Å². The summed E-state index contributed by atoms with van der Waals surface area (Å²) in [4.78, 5) is 2.40. The van der Waals surface area contributed by atoms with Gasteiger partial charge in [0.1, 0.15) is 5.75 Å². The maximum atomic E-state index is 11.6. The van der Waals surface area contributed by atoms with E-state index in [1.54, 1.807) is 7.11 Å². The molecule has 3 nitrogen and oxygen atoms in total. The zero-order valence-electron chi connectivity index (χ0n) is 19.0. The maximum Gasteiger partial charge on any atom is 0.118 e. The molecule has 4 aromatic carbocycles. The van der Waals surface area contributed by atoms with Gasteiger partial charge < -0.3 is 9.84 Å². The number of benzene rings is 4. The number of nitrogens with zero attached hydrogens (tertiary/aromatic N) is 1. The van der Waals surface area contributed by atoms with Crippen molar-refractivity contribution < 1.29 is 9.84 Å². The zero-order chi connectivity index (χ0) is 22.9. The second kappa shape index (κ2) is 11.5. The zero-order valence-corrected chi connectivity index (χ0v) is 19.0. The molecule has 0 aromatic heterocycles. The molecule has 0 amide bonds. The van der Waals surface area contributed by atoms with E-state index in [0.29, 0.717) is 0 Å². The number of aliphatic hydroxyl groups is 1. The van der Waals surface area contributed by atoms with Gasteiger partial charge in [0, 0.05) is 19.1 Å². The topological polar surface area (TPSA) is 32.7 Å². The van der Waals surface area contributed by atoms with Crippen LogP contribution in [0.2, 0.25) is 0 Å². The van der Waals surface area contributed by atoms with Crippen LogP contribution in [0.1, 0.15) is 28.4 Å². The van der Waals surface area contributed by atoms with E-state index in [9.17, 15) is 5.11 Å². The smallest absolute Gasteiger partial charge is 0.118 e. The number of rotatable bonds is 10. The van der Waals surface area contributed by atoms with Crippen LogP contribution in [0.4, 0.5) is 0 Å². The van der Waals surface area contributed by atoms with Gasteiger partial charge in [0.05, 0.1) is 13.2 Å². The minimum Gasteiger partial charge on any atom is -0.497 e. The first-order valence-corrected chi connectivity index (χ1v) is 11.4. The fourth-order valence-electron chi connectivity index (χ4n) is 4.25. The lowest BCUT2D eigenvalue weighted by atomic mass is 9.93. The predicted molar refractivity (Wildman–Crippen MR) is 134 cm³/mol. The van der Waals surface area contributed by atoms with Crippen molar-refractivity contribution in [3.8, 4) is 5.75 Å². The highest BCUT2D eigenvalue weighted by atomic mass is 16.5. The molecule has 0 heterocycles. The number of hydrogen-bond acceptors (Lipinski definition) is 3. The van der Waals surface area contributed by atoms with Gasteiger partial charge in [-0.25, -0.2) is 0 Å². The number of ether oxygens (including phenoxy) is 1. The van der Waals surface area contributed by atoms with Crippen LogP contribution in [0.15, 0.2) is 115 Å². The van der Waals surface area contributed by atoms with Crippen molar-refractivity contribution in [3.05, 3.63) is 138 Å². The predicted octanol–water partition coefficient (Wildman–Crippen LogP) is 6.04. The normalized spacial score (nSPS) is 12.9. The van der Waals surface area contributed by atoms with E-state index in [2.05, 4.69) is 77.7 Å². The van der Waals surface area contributed by atoms with E-state index in [1.165, 1.54) is 16.7 Å². The van der Waals surface area contributed by atoms with Gasteiger partial charge in [0.2, 0.25) is 0 Å². The van der Waals surface area contributed by atoms with Crippen molar-refractivity contribution in [2.75, 3.05) is 7.11 Å². The summed E-state index contributed by atoms with van der Waals surface area (Å²) in [6.45, 7) is 1.50. The summed E-state index contributed by atoms with van der Waals surface area (Å²) in [6, 6.07) is 39.0. The number of aliphatic hydroxyl groups excluding tert-OH is 1. The first kappa shape index (κ1) is 22.8. The molecule has 0 radical (unpaired) electrons. The highest BCUT2D eigenvalue weighted by Gasteiger charge is 2.28. The summed E-state index contributed by atoms with van der Waals surface area (Å²) in [7, 11) is 1.66. The Hall–Kier alpha value is -3.40. The van der Waals surface area contributed by atoms with Crippen molar-refractivity contribution in [2.45, 2.75) is 31.7 Å². The van der Waals surface area contributed by atoms with Crippen LogP contribution in [-0.4, -0.2) is 23.2 Å². The fraction of sp³-hybridized carbons (Fsp3) is 0.200. The summed E-state index contributed by atoms with van der Waals surface area (Å²) in [6.07, 6.45) is 0.0942. The minimum absolute atomic E-state index is 0.110. The highest BCUT2D eigenvalue weighted by molar-refractivity contribution is 5.30. The molecule has 0 aliphatic heterocycles. The molecule has 4 aromatic rings. The van der Waals surface area contributed by atoms with Crippen molar-refractivity contribution in [1.29, 1.82) is 0 Å². The molecule has 0 aliphatic carbocycles. The van der Waals surface area contributed by atoms with E-state index in [4.69, 9.17) is 4.74 Å². The molecule has 0 unspecified atom stereocenters. The molecule has 0 saturated carbocycles. The molecular formula is C30H31NO2. The Morgan fingerprint density at radius 1 is 0.636 bits per heavy atom. The lowest BCUT2D eigenvalue weighted by Crippen LogP contribution is -2.40. The summed E-state index contributed by atoms with van der Waals surface area (Å²) >= 11 is 0. The Labute approximate surface area is 196 Å². The van der Waals surface area contributed by atoms with Crippen LogP contribution in [0.25, 0.3) is 0 Å². The molecule has 0 bridgehead atoms. The third kappa shape index (κ3) is 6.32. The summed E-state index contributed by atoms with van der Waals surface area (Å²) in [5, 5.41) is 11.6. The van der Waals surface area contributed by atoms with Gasteiger partial charge in [-0.2, -0.15) is 0 Å². The van der Waals surface area contributed by atoms with Gasteiger partial charge in [0.25, 0.3) is 0 Å². The molecule has 168 valence electrons. The SMILES string of the molecule is COc1ccc([C@@H](O)[C@H](Cc2ccccc2)N(Cc2ccccc2)Cc2ccccc2)cc1. The van der Waals surface area contributed by atoms with E-state index in [1.807, 2.05) is 42.5 Å². The van der Waals surface area contributed by atoms with E-state index in [0.717, 1.165) is 30.8 Å². The molecule has 0 saturated heterocycles. The van der Waals surface area contributed by atoms with Gasteiger partial charge >= 0.3 is 0 Å². The van der Waals surface area contributed by atoms with Crippen LogP contribution in [0.3, 0.4) is 0 Å². The molecule has 1 N–H and O–H groups in total. The second-order valence-corrected chi connectivity index (χ2v) is 8.35. The van der Waals surface area contributed by atoms with Gasteiger partial charge in [-0.3, -0.25) is 4.90 Å². The molecule has 33 heavy (non-hydrogen) atoms. The molecular weight excluding hydrogens is 406 g/mol. The quantitative estimate of drug-likeness (QED) is 0.328. The van der Waals surface area contributed by atoms with Gasteiger partial charge in [-0.1, -0.05) is 103 Å². The van der Waals surface area contributed by atoms with Crippen LogP contribution in [-0.2, 0) is 19.5 Å².